The topological polar surface area (TPSA) is 86.1 Å². The first-order valence-electron chi connectivity index (χ1n) is 12.3. The van der Waals surface area contributed by atoms with Crippen molar-refractivity contribution in [3.63, 3.8) is 0 Å². The van der Waals surface area contributed by atoms with Crippen LogP contribution >= 0.6 is 12.2 Å². The van der Waals surface area contributed by atoms with Crippen LogP contribution in [0.2, 0.25) is 0 Å². The predicted octanol–water partition coefficient (Wildman–Crippen LogP) is 5.73. The lowest BCUT2D eigenvalue weighted by Crippen LogP contribution is -2.46. The Labute approximate surface area is 220 Å². The van der Waals surface area contributed by atoms with Gasteiger partial charge in [-0.3, -0.25) is 14.5 Å². The first-order chi connectivity index (χ1) is 17.3. The fraction of sp³-hybridized carbons (Fsp3) is 0.519. The van der Waals surface area contributed by atoms with E-state index in [1.807, 2.05) is 13.8 Å². The fourth-order valence-corrected chi connectivity index (χ4v) is 5.59. The largest absolute Gasteiger partial charge is 0.419 e. The molecule has 1 aromatic rings. The van der Waals surface area contributed by atoms with Crippen molar-refractivity contribution < 1.29 is 22.8 Å². The molecule has 3 rings (SSSR count). The Balaban J connectivity index is 1.86. The third kappa shape index (κ3) is 6.09. The minimum atomic E-state index is -4.80. The van der Waals surface area contributed by atoms with Crippen LogP contribution in [-0.2, 0) is 15.8 Å². The number of carbonyl (C=O) groups excluding carboxylic acids is 2. The van der Waals surface area contributed by atoms with E-state index < -0.39 is 22.8 Å². The van der Waals surface area contributed by atoms with Crippen LogP contribution in [-0.4, -0.2) is 28.8 Å². The highest BCUT2D eigenvalue weighted by molar-refractivity contribution is 7.80. The van der Waals surface area contributed by atoms with Gasteiger partial charge in [0.2, 0.25) is 11.8 Å². The summed E-state index contributed by atoms with van der Waals surface area (Å²) in [6, 6.07) is 2.24. The average molecular weight is 533 g/mol. The van der Waals surface area contributed by atoms with E-state index in [4.69, 9.17) is 17.5 Å². The number of anilines is 1. The van der Waals surface area contributed by atoms with Crippen LogP contribution < -0.4 is 10.2 Å². The zero-order valence-electron chi connectivity index (χ0n) is 21.4. The molecule has 1 aliphatic carbocycles. The van der Waals surface area contributed by atoms with Crippen molar-refractivity contribution in [2.45, 2.75) is 59.1 Å². The second-order valence-corrected chi connectivity index (χ2v) is 10.6. The molecule has 3 unspecified atom stereocenters. The molecule has 1 aliphatic heterocycles. The number of hydrogen-bond acceptors (Lipinski definition) is 5. The number of nitriles is 1. The molecule has 1 aromatic heterocycles. The van der Waals surface area contributed by atoms with Gasteiger partial charge in [0.1, 0.15) is 6.07 Å². The van der Waals surface area contributed by atoms with Crippen molar-refractivity contribution in [1.29, 1.82) is 5.26 Å². The lowest BCUT2D eigenvalue weighted by atomic mass is 9.65. The Kier molecular flexibility index (Phi) is 8.58. The van der Waals surface area contributed by atoms with E-state index in [0.717, 1.165) is 35.6 Å². The summed E-state index contributed by atoms with van der Waals surface area (Å²) in [5, 5.41) is 11.7. The Hall–Kier alpha value is -3.06. The molecule has 0 saturated carbocycles. The summed E-state index contributed by atoms with van der Waals surface area (Å²) in [5.74, 6) is -0.322. The van der Waals surface area contributed by atoms with Crippen LogP contribution in [0.25, 0.3) is 0 Å². The number of halogens is 3. The standard InChI is InChI=1S/C27H31F3N4O2S/c1-16-12-17(6-5-7-23(35)32-4)8-9-19(16)20-10-11-24(37)34(25(36)26(20,2)3)18-13-21(27(28,29)30)22(14-31)33-15-18/h8-9,12-13,15-16,19-20H,5-7,10-11H2,1-4H3,(H,32,35). The number of rotatable bonds is 6. The molecule has 0 spiro atoms. The SMILES string of the molecule is CNC(=O)CCCC1=CC(C)C(C2CCC(=S)N(c3cnc(C#N)c(C(F)(F)F)c3)C(=O)C2(C)C)C=C1. The van der Waals surface area contributed by atoms with Gasteiger partial charge in [-0.15, -0.1) is 0 Å². The summed E-state index contributed by atoms with van der Waals surface area (Å²) in [4.78, 5) is 30.4. The van der Waals surface area contributed by atoms with Gasteiger partial charge in [-0.05, 0) is 49.5 Å². The normalized spacial score (nSPS) is 23.8. The van der Waals surface area contributed by atoms with Gasteiger partial charge in [-0.2, -0.15) is 18.4 Å². The highest BCUT2D eigenvalue weighted by Gasteiger charge is 2.48. The predicted molar refractivity (Wildman–Crippen MR) is 138 cm³/mol. The number of aromatic nitrogens is 1. The summed E-state index contributed by atoms with van der Waals surface area (Å²) in [6.07, 6.45) is 5.58. The summed E-state index contributed by atoms with van der Waals surface area (Å²) in [6.45, 7) is 5.71. The van der Waals surface area contributed by atoms with E-state index in [0.29, 0.717) is 19.3 Å². The van der Waals surface area contributed by atoms with Gasteiger partial charge in [0, 0.05) is 18.9 Å². The minimum absolute atomic E-state index is 0.00497. The fourth-order valence-electron chi connectivity index (χ4n) is 5.29. The van der Waals surface area contributed by atoms with Gasteiger partial charge < -0.3 is 5.32 Å². The molecule has 1 N–H and O–H groups in total. The molecule has 6 nitrogen and oxygen atoms in total. The lowest BCUT2D eigenvalue weighted by Gasteiger charge is -2.40. The molecule has 10 heteroatoms. The molecule has 1 saturated heterocycles. The van der Waals surface area contributed by atoms with Gasteiger partial charge in [0.05, 0.1) is 22.4 Å². The van der Waals surface area contributed by atoms with E-state index in [-0.39, 0.29) is 40.2 Å². The third-order valence-corrected chi connectivity index (χ3v) is 7.76. The van der Waals surface area contributed by atoms with Gasteiger partial charge in [0.25, 0.3) is 0 Å². The zero-order chi connectivity index (χ0) is 27.5. The number of carbonyl (C=O) groups is 2. The lowest BCUT2D eigenvalue weighted by molar-refractivity contribution is -0.138. The highest BCUT2D eigenvalue weighted by atomic mass is 32.1. The molecule has 3 atom stereocenters. The number of pyridine rings is 1. The van der Waals surface area contributed by atoms with Gasteiger partial charge in [0.15, 0.2) is 5.69 Å². The van der Waals surface area contributed by atoms with E-state index in [1.54, 1.807) is 7.05 Å². The zero-order valence-corrected chi connectivity index (χ0v) is 22.2. The summed E-state index contributed by atoms with van der Waals surface area (Å²) < 4.78 is 40.7. The van der Waals surface area contributed by atoms with Crippen molar-refractivity contribution in [2.24, 2.45) is 23.2 Å². The second-order valence-electron chi connectivity index (χ2n) is 10.2. The third-order valence-electron chi connectivity index (χ3n) is 7.37. The number of nitrogens with one attached hydrogen (secondary N) is 1. The highest BCUT2D eigenvalue weighted by Crippen LogP contribution is 2.46. The van der Waals surface area contributed by atoms with Crippen LogP contribution in [0.3, 0.4) is 0 Å². The van der Waals surface area contributed by atoms with Crippen molar-refractivity contribution in [1.82, 2.24) is 10.3 Å². The van der Waals surface area contributed by atoms with Crippen molar-refractivity contribution in [2.75, 3.05) is 11.9 Å². The maximum Gasteiger partial charge on any atom is 0.419 e. The van der Waals surface area contributed by atoms with Crippen molar-refractivity contribution >= 4 is 34.7 Å². The van der Waals surface area contributed by atoms with Gasteiger partial charge in [-0.25, -0.2) is 4.98 Å². The molecule has 0 aromatic carbocycles. The first kappa shape index (κ1) is 28.5. The molecule has 0 bridgehead atoms. The number of hydrogen-bond donors (Lipinski definition) is 1. The number of amides is 2. The summed E-state index contributed by atoms with van der Waals surface area (Å²) in [7, 11) is 1.62. The number of thiocarbonyl (C=S) groups is 1. The molecular formula is C27H31F3N4O2S. The van der Waals surface area contributed by atoms with E-state index in [2.05, 4.69) is 35.5 Å². The molecule has 2 amide bonds. The molecule has 2 aliphatic rings. The number of alkyl halides is 3. The van der Waals surface area contributed by atoms with Crippen molar-refractivity contribution in [3.8, 4) is 6.07 Å². The van der Waals surface area contributed by atoms with E-state index in [1.165, 1.54) is 6.07 Å². The summed E-state index contributed by atoms with van der Waals surface area (Å²) in [5.41, 5.74) is -1.81. The van der Waals surface area contributed by atoms with E-state index >= 15 is 0 Å². The molecule has 37 heavy (non-hydrogen) atoms. The van der Waals surface area contributed by atoms with E-state index in [9.17, 15) is 22.8 Å². The monoisotopic (exact) mass is 532 g/mol. The van der Waals surface area contributed by atoms with Gasteiger partial charge >= 0.3 is 6.18 Å². The Morgan fingerprint density at radius 3 is 2.68 bits per heavy atom. The minimum Gasteiger partial charge on any atom is -0.359 e. The Morgan fingerprint density at radius 2 is 2.08 bits per heavy atom. The molecule has 2 heterocycles. The van der Waals surface area contributed by atoms with Gasteiger partial charge in [-0.1, -0.05) is 56.8 Å². The maximum atomic E-state index is 13.8. The molecular weight excluding hydrogens is 501 g/mol. The van der Waals surface area contributed by atoms with Crippen LogP contribution in [0.5, 0.6) is 0 Å². The second kappa shape index (κ2) is 11.1. The quantitative estimate of drug-likeness (QED) is 0.473. The van der Waals surface area contributed by atoms with Crippen LogP contribution in [0.1, 0.15) is 64.1 Å². The smallest absolute Gasteiger partial charge is 0.359 e. The molecule has 1 fully saturated rings. The maximum absolute atomic E-state index is 13.8. The van der Waals surface area contributed by atoms with Crippen LogP contribution in [0.15, 0.2) is 36.1 Å². The Bertz CT molecular complexity index is 1180. The van der Waals surface area contributed by atoms with Crippen LogP contribution in [0, 0.1) is 34.5 Å². The van der Waals surface area contributed by atoms with Crippen LogP contribution in [0.4, 0.5) is 18.9 Å². The first-order valence-corrected chi connectivity index (χ1v) is 12.7. The number of nitrogens with zero attached hydrogens (tertiary/aromatic N) is 3. The molecule has 0 radical (unpaired) electrons. The summed E-state index contributed by atoms with van der Waals surface area (Å²) >= 11 is 5.52. The Morgan fingerprint density at radius 1 is 1.38 bits per heavy atom. The average Bonchev–Trinajstić information content (AvgIpc) is 2.92. The molecule has 198 valence electrons. The van der Waals surface area contributed by atoms with Crippen molar-refractivity contribution in [3.05, 3.63) is 47.3 Å². The number of allylic oxidation sites excluding steroid dienone is 4.